The van der Waals surface area contributed by atoms with Crippen LogP contribution in [-0.4, -0.2) is 39.9 Å². The predicted molar refractivity (Wildman–Crippen MR) is 91.7 cm³/mol. The van der Waals surface area contributed by atoms with E-state index in [1.807, 2.05) is 19.9 Å². The maximum absolute atomic E-state index is 5.32. The first kappa shape index (κ1) is 18.3. The molecule has 0 amide bonds. The number of ether oxygens (including phenoxy) is 2. The van der Waals surface area contributed by atoms with Gasteiger partial charge in [0.15, 0.2) is 5.96 Å². The Bertz CT molecular complexity index is 461. The zero-order valence-electron chi connectivity index (χ0n) is 14.2. The zero-order valence-corrected chi connectivity index (χ0v) is 14.2. The van der Waals surface area contributed by atoms with Crippen LogP contribution < -0.4 is 15.4 Å². The van der Waals surface area contributed by atoms with Gasteiger partial charge in [0.25, 0.3) is 0 Å². The molecule has 5 nitrogen and oxygen atoms in total. The Labute approximate surface area is 134 Å². The van der Waals surface area contributed by atoms with E-state index in [-0.39, 0.29) is 0 Å². The number of nitrogens with one attached hydrogen (secondary N) is 2. The molecule has 22 heavy (non-hydrogen) atoms. The van der Waals surface area contributed by atoms with Gasteiger partial charge in [-0.3, -0.25) is 4.99 Å². The van der Waals surface area contributed by atoms with Gasteiger partial charge < -0.3 is 20.1 Å². The number of guanidine groups is 1. The summed E-state index contributed by atoms with van der Waals surface area (Å²) in [6, 6.07) is 6.19. The molecule has 0 radical (unpaired) electrons. The van der Waals surface area contributed by atoms with E-state index in [4.69, 9.17) is 9.47 Å². The Hall–Kier alpha value is -1.75. The van der Waals surface area contributed by atoms with Gasteiger partial charge in [-0.25, -0.2) is 0 Å². The fraction of sp³-hybridized carbons (Fsp3) is 0.588. The average molecular weight is 307 g/mol. The van der Waals surface area contributed by atoms with Gasteiger partial charge in [0.05, 0.1) is 7.11 Å². The second-order valence-corrected chi connectivity index (χ2v) is 5.06. The number of methoxy groups -OCH3 is 1. The summed E-state index contributed by atoms with van der Waals surface area (Å²) in [5.41, 5.74) is 2.35. The molecule has 2 N–H and O–H groups in total. The van der Waals surface area contributed by atoms with Gasteiger partial charge in [-0.05, 0) is 43.9 Å². The standard InChI is InChI=1S/C17H29N3O2/c1-5-22-11-7-6-10-19-17(18-3)20-13-15-8-9-16(21-4)14(2)12-15/h8-9,12H,5-7,10-11,13H2,1-4H3,(H2,18,19,20). The average Bonchev–Trinajstić information content (AvgIpc) is 2.53. The highest BCUT2D eigenvalue weighted by Crippen LogP contribution is 2.18. The molecule has 5 heteroatoms. The molecule has 0 aliphatic rings. The number of aryl methyl sites for hydroxylation is 1. The Morgan fingerprint density at radius 1 is 1.23 bits per heavy atom. The summed E-state index contributed by atoms with van der Waals surface area (Å²) >= 11 is 0. The summed E-state index contributed by atoms with van der Waals surface area (Å²) in [6.45, 7) is 7.32. The molecule has 1 rings (SSSR count). The van der Waals surface area contributed by atoms with Gasteiger partial charge in [-0.15, -0.1) is 0 Å². The van der Waals surface area contributed by atoms with E-state index < -0.39 is 0 Å². The lowest BCUT2D eigenvalue weighted by atomic mass is 10.1. The van der Waals surface area contributed by atoms with Crippen molar-refractivity contribution in [2.45, 2.75) is 33.2 Å². The van der Waals surface area contributed by atoms with Crippen molar-refractivity contribution < 1.29 is 9.47 Å². The van der Waals surface area contributed by atoms with Crippen LogP contribution in [0.2, 0.25) is 0 Å². The smallest absolute Gasteiger partial charge is 0.191 e. The molecule has 0 atom stereocenters. The Kier molecular flexibility index (Phi) is 9.07. The van der Waals surface area contributed by atoms with Crippen molar-refractivity contribution in [2.24, 2.45) is 4.99 Å². The lowest BCUT2D eigenvalue weighted by Gasteiger charge is -2.13. The molecule has 1 aromatic rings. The number of hydrogen-bond donors (Lipinski definition) is 2. The van der Waals surface area contributed by atoms with Crippen molar-refractivity contribution >= 4 is 5.96 Å². The van der Waals surface area contributed by atoms with Crippen molar-refractivity contribution in [1.82, 2.24) is 10.6 Å². The van der Waals surface area contributed by atoms with Crippen LogP contribution in [0.15, 0.2) is 23.2 Å². The van der Waals surface area contributed by atoms with Gasteiger partial charge in [0, 0.05) is 33.4 Å². The minimum absolute atomic E-state index is 0.740. The summed E-state index contributed by atoms with van der Waals surface area (Å²) in [5.74, 6) is 1.74. The van der Waals surface area contributed by atoms with Crippen LogP contribution in [0.5, 0.6) is 5.75 Å². The molecule has 0 aliphatic carbocycles. The molecule has 0 aromatic heterocycles. The minimum atomic E-state index is 0.740. The molecule has 0 saturated heterocycles. The van der Waals surface area contributed by atoms with Crippen molar-refractivity contribution in [3.05, 3.63) is 29.3 Å². The van der Waals surface area contributed by atoms with Gasteiger partial charge >= 0.3 is 0 Å². The first-order valence-electron chi connectivity index (χ1n) is 7.87. The highest BCUT2D eigenvalue weighted by molar-refractivity contribution is 5.79. The van der Waals surface area contributed by atoms with Gasteiger partial charge in [-0.2, -0.15) is 0 Å². The van der Waals surface area contributed by atoms with Gasteiger partial charge in [0.2, 0.25) is 0 Å². The summed E-state index contributed by atoms with van der Waals surface area (Å²) in [6.07, 6.45) is 2.14. The maximum atomic E-state index is 5.32. The summed E-state index contributed by atoms with van der Waals surface area (Å²) < 4.78 is 10.6. The van der Waals surface area contributed by atoms with E-state index in [2.05, 4.69) is 27.8 Å². The fourth-order valence-corrected chi connectivity index (χ4v) is 2.14. The first-order valence-corrected chi connectivity index (χ1v) is 7.87. The number of hydrogen-bond acceptors (Lipinski definition) is 3. The van der Waals surface area contributed by atoms with Gasteiger partial charge in [-0.1, -0.05) is 12.1 Å². The maximum Gasteiger partial charge on any atom is 0.191 e. The van der Waals surface area contributed by atoms with E-state index in [1.54, 1.807) is 14.2 Å². The molecule has 0 heterocycles. The molecule has 0 bridgehead atoms. The van der Waals surface area contributed by atoms with E-state index >= 15 is 0 Å². The third-order valence-corrected chi connectivity index (χ3v) is 3.35. The Morgan fingerprint density at radius 2 is 2.05 bits per heavy atom. The SMILES string of the molecule is CCOCCCCNC(=NC)NCc1ccc(OC)c(C)c1. The molecule has 0 spiro atoms. The Morgan fingerprint density at radius 3 is 2.68 bits per heavy atom. The molecule has 0 unspecified atom stereocenters. The molecular weight excluding hydrogens is 278 g/mol. The summed E-state index contributed by atoms with van der Waals surface area (Å²) in [7, 11) is 3.48. The Balaban J connectivity index is 2.30. The van der Waals surface area contributed by atoms with Crippen LogP contribution in [0.4, 0.5) is 0 Å². The second kappa shape index (κ2) is 10.9. The van der Waals surface area contributed by atoms with Crippen LogP contribution in [0.3, 0.4) is 0 Å². The molecule has 0 saturated carbocycles. The zero-order chi connectivity index (χ0) is 16.2. The van der Waals surface area contributed by atoms with E-state index in [0.29, 0.717) is 0 Å². The minimum Gasteiger partial charge on any atom is -0.496 e. The van der Waals surface area contributed by atoms with Gasteiger partial charge in [0.1, 0.15) is 5.75 Å². The number of nitrogens with zero attached hydrogens (tertiary/aromatic N) is 1. The highest BCUT2D eigenvalue weighted by Gasteiger charge is 2.01. The number of aliphatic imine (C=N–C) groups is 1. The van der Waals surface area contributed by atoms with Crippen molar-refractivity contribution in [1.29, 1.82) is 0 Å². The highest BCUT2D eigenvalue weighted by atomic mass is 16.5. The monoisotopic (exact) mass is 307 g/mol. The van der Waals surface area contributed by atoms with E-state index in [9.17, 15) is 0 Å². The third-order valence-electron chi connectivity index (χ3n) is 3.35. The molecule has 0 aliphatic heterocycles. The molecular formula is C17H29N3O2. The fourth-order valence-electron chi connectivity index (χ4n) is 2.14. The number of unbranched alkanes of at least 4 members (excludes halogenated alkanes) is 1. The summed E-state index contributed by atoms with van der Waals surface area (Å²) in [4.78, 5) is 4.23. The lowest BCUT2D eigenvalue weighted by Crippen LogP contribution is -2.37. The second-order valence-electron chi connectivity index (χ2n) is 5.06. The van der Waals surface area contributed by atoms with Crippen LogP contribution in [0.25, 0.3) is 0 Å². The van der Waals surface area contributed by atoms with Crippen LogP contribution in [0, 0.1) is 6.92 Å². The first-order chi connectivity index (χ1) is 10.7. The van der Waals surface area contributed by atoms with Crippen molar-refractivity contribution in [3.63, 3.8) is 0 Å². The van der Waals surface area contributed by atoms with Crippen LogP contribution in [0.1, 0.15) is 30.9 Å². The van der Waals surface area contributed by atoms with Crippen LogP contribution >= 0.6 is 0 Å². The van der Waals surface area contributed by atoms with Crippen molar-refractivity contribution in [2.75, 3.05) is 33.9 Å². The topological polar surface area (TPSA) is 54.9 Å². The third kappa shape index (κ3) is 6.80. The number of benzene rings is 1. The van der Waals surface area contributed by atoms with E-state index in [0.717, 1.165) is 56.4 Å². The van der Waals surface area contributed by atoms with Crippen LogP contribution in [-0.2, 0) is 11.3 Å². The quantitative estimate of drug-likeness (QED) is 0.418. The lowest BCUT2D eigenvalue weighted by molar-refractivity contribution is 0.143. The van der Waals surface area contributed by atoms with Crippen molar-refractivity contribution in [3.8, 4) is 5.75 Å². The van der Waals surface area contributed by atoms with E-state index in [1.165, 1.54) is 5.56 Å². The predicted octanol–water partition coefficient (Wildman–Crippen LogP) is 2.49. The molecule has 124 valence electrons. The normalized spacial score (nSPS) is 11.4. The summed E-state index contributed by atoms with van der Waals surface area (Å²) in [5, 5.41) is 6.63. The molecule has 1 aromatic carbocycles. The number of rotatable bonds is 9. The largest absolute Gasteiger partial charge is 0.496 e. The molecule has 0 fully saturated rings.